The molecule has 1 aliphatic heterocycles. The van der Waals surface area contributed by atoms with Gasteiger partial charge in [-0.15, -0.1) is 11.8 Å². The number of thioether (sulfide) groups is 1. The van der Waals surface area contributed by atoms with Gasteiger partial charge in [-0.1, -0.05) is 46.0 Å². The summed E-state index contributed by atoms with van der Waals surface area (Å²) in [6, 6.07) is 0. The van der Waals surface area contributed by atoms with Crippen LogP contribution in [-0.2, 0) is 11.3 Å². The minimum absolute atomic E-state index is 0.205. The Bertz CT molecular complexity index is 855. The van der Waals surface area contributed by atoms with E-state index in [1.165, 1.54) is 38.5 Å². The number of hydrogen-bond acceptors (Lipinski definition) is 6. The molecule has 0 radical (unpaired) electrons. The van der Waals surface area contributed by atoms with Crippen LogP contribution in [0, 0.1) is 6.92 Å². The summed E-state index contributed by atoms with van der Waals surface area (Å²) in [5.74, 6) is 0.978. The summed E-state index contributed by atoms with van der Waals surface area (Å²) in [7, 11) is 0. The summed E-state index contributed by atoms with van der Waals surface area (Å²) in [5.41, 5.74) is 1.73. The molecule has 0 aliphatic carbocycles. The van der Waals surface area contributed by atoms with E-state index in [1.807, 2.05) is 6.92 Å². The molecule has 7 nitrogen and oxygen atoms in total. The maximum absolute atomic E-state index is 10.4. The zero-order valence-corrected chi connectivity index (χ0v) is 21.4. The molecule has 0 spiro atoms. The topological polar surface area (TPSA) is 73.1 Å². The molecule has 3 rings (SSSR count). The number of aryl methyl sites for hydroxylation is 2. The molecule has 2 aromatic heterocycles. The lowest BCUT2D eigenvalue weighted by molar-refractivity contribution is -1.11. The minimum Gasteiger partial charge on any atom is -0.370 e. The van der Waals surface area contributed by atoms with Gasteiger partial charge in [-0.3, -0.25) is 0 Å². The van der Waals surface area contributed by atoms with Crippen LogP contribution in [0.1, 0.15) is 71.0 Å². The molecule has 1 fully saturated rings. The summed E-state index contributed by atoms with van der Waals surface area (Å²) in [5, 5.41) is 12.1. The van der Waals surface area contributed by atoms with Gasteiger partial charge in [0.05, 0.1) is 13.2 Å². The quantitative estimate of drug-likeness (QED) is 0.130. The maximum atomic E-state index is 10.4. The number of ether oxygens (including phenoxy) is 1. The van der Waals surface area contributed by atoms with E-state index in [1.54, 1.807) is 11.8 Å². The Hall–Kier alpha value is -0.930. The summed E-state index contributed by atoms with van der Waals surface area (Å²) in [4.78, 5) is 13.4. The van der Waals surface area contributed by atoms with Crippen LogP contribution >= 0.6 is 23.4 Å². The van der Waals surface area contributed by atoms with Crippen molar-refractivity contribution in [3.63, 3.8) is 0 Å². The standard InChI is InChI=1S/C23H39ClN5O2S/c1-18(2)32-22-20-21(26-23(24)27-22)25-19(3)28(20)12-10-8-6-4-5-7-9-11-13-29(30)14-16-31-17-15-29/h18,30H,4-17H2,1-3H3/q+1. The first kappa shape index (κ1) is 25.7. The van der Waals surface area contributed by atoms with Gasteiger partial charge in [0, 0.05) is 11.8 Å². The molecule has 0 aromatic carbocycles. The van der Waals surface area contributed by atoms with Crippen LogP contribution in [0.2, 0.25) is 5.28 Å². The number of nitrogens with zero attached hydrogens (tertiary/aromatic N) is 5. The zero-order chi connectivity index (χ0) is 23.0. The lowest BCUT2D eigenvalue weighted by Gasteiger charge is -2.33. The summed E-state index contributed by atoms with van der Waals surface area (Å²) >= 11 is 7.83. The summed E-state index contributed by atoms with van der Waals surface area (Å²) < 4.78 is 7.81. The van der Waals surface area contributed by atoms with Crippen LogP contribution in [0.4, 0.5) is 0 Å². The minimum atomic E-state index is 0.205. The van der Waals surface area contributed by atoms with Crippen LogP contribution in [0.25, 0.3) is 11.2 Å². The first-order chi connectivity index (χ1) is 15.4. The Morgan fingerprint density at radius 2 is 1.62 bits per heavy atom. The average Bonchev–Trinajstić information content (AvgIpc) is 3.04. The maximum Gasteiger partial charge on any atom is 0.225 e. The Labute approximate surface area is 201 Å². The molecular formula is C23H39ClN5O2S+. The smallest absolute Gasteiger partial charge is 0.225 e. The van der Waals surface area contributed by atoms with Gasteiger partial charge in [0.15, 0.2) is 5.65 Å². The Balaban J connectivity index is 1.35. The normalized spacial score (nSPS) is 16.3. The van der Waals surface area contributed by atoms with Gasteiger partial charge >= 0.3 is 0 Å². The van der Waals surface area contributed by atoms with Crippen LogP contribution in [0.5, 0.6) is 0 Å². The third-order valence-corrected chi connectivity index (χ3v) is 7.24. The Morgan fingerprint density at radius 3 is 2.28 bits per heavy atom. The number of unbranched alkanes of at least 4 members (excludes halogenated alkanes) is 7. The van der Waals surface area contributed by atoms with Gasteiger partial charge in [-0.2, -0.15) is 9.63 Å². The predicted molar refractivity (Wildman–Crippen MR) is 130 cm³/mol. The lowest BCUT2D eigenvalue weighted by atomic mass is 10.1. The molecule has 1 aliphatic rings. The molecule has 0 amide bonds. The number of quaternary nitrogens is 1. The van der Waals surface area contributed by atoms with Crippen molar-refractivity contribution in [2.45, 2.75) is 89.0 Å². The van der Waals surface area contributed by atoms with Crippen LogP contribution in [0.3, 0.4) is 0 Å². The van der Waals surface area contributed by atoms with Crippen molar-refractivity contribution >= 4 is 34.5 Å². The fourth-order valence-electron chi connectivity index (χ4n) is 4.31. The van der Waals surface area contributed by atoms with E-state index in [2.05, 4.69) is 33.4 Å². The van der Waals surface area contributed by atoms with E-state index in [0.717, 1.165) is 55.4 Å². The molecule has 32 heavy (non-hydrogen) atoms. The fraction of sp³-hybridized carbons (Fsp3) is 0.783. The van der Waals surface area contributed by atoms with Crippen molar-refractivity contribution in [1.29, 1.82) is 0 Å². The number of imidazole rings is 1. The van der Waals surface area contributed by atoms with Crippen molar-refractivity contribution in [3.8, 4) is 0 Å². The fourth-order valence-corrected chi connectivity index (χ4v) is 5.42. The summed E-state index contributed by atoms with van der Waals surface area (Å²) in [6.45, 7) is 11.0. The second kappa shape index (κ2) is 12.5. The van der Waals surface area contributed by atoms with Crippen LogP contribution in [0.15, 0.2) is 5.03 Å². The van der Waals surface area contributed by atoms with Crippen molar-refractivity contribution in [1.82, 2.24) is 19.5 Å². The number of halogens is 1. The Morgan fingerprint density at radius 1 is 1.00 bits per heavy atom. The second-order valence-corrected chi connectivity index (χ2v) is 11.1. The van der Waals surface area contributed by atoms with Gasteiger partial charge in [0.2, 0.25) is 5.28 Å². The third-order valence-electron chi connectivity index (χ3n) is 6.09. The van der Waals surface area contributed by atoms with E-state index < -0.39 is 0 Å². The highest BCUT2D eigenvalue weighted by Crippen LogP contribution is 2.30. The van der Waals surface area contributed by atoms with Gasteiger partial charge in [-0.05, 0) is 37.8 Å². The first-order valence-electron chi connectivity index (χ1n) is 12.1. The largest absolute Gasteiger partial charge is 0.370 e. The molecule has 0 unspecified atom stereocenters. The van der Waals surface area contributed by atoms with Gasteiger partial charge < -0.3 is 9.30 Å². The molecule has 0 atom stereocenters. The highest BCUT2D eigenvalue weighted by atomic mass is 35.5. The van der Waals surface area contributed by atoms with Gasteiger partial charge in [0.1, 0.15) is 36.0 Å². The molecule has 0 saturated carbocycles. The SMILES string of the molecule is Cc1nc2nc(Cl)nc(SC(C)C)c2n1CCCCCCCCCC[N+]1(O)CCOCC1. The third kappa shape index (κ3) is 7.55. The van der Waals surface area contributed by atoms with Crippen LogP contribution in [-0.4, -0.2) is 67.5 Å². The average molecular weight is 485 g/mol. The van der Waals surface area contributed by atoms with Crippen molar-refractivity contribution in [3.05, 3.63) is 11.1 Å². The number of hydroxylamine groups is 3. The lowest BCUT2D eigenvalue weighted by Crippen LogP contribution is -2.52. The molecule has 0 bridgehead atoms. The predicted octanol–water partition coefficient (Wildman–Crippen LogP) is 5.65. The van der Waals surface area contributed by atoms with Gasteiger partial charge in [-0.25, -0.2) is 15.2 Å². The highest BCUT2D eigenvalue weighted by molar-refractivity contribution is 8.00. The molecule has 180 valence electrons. The zero-order valence-electron chi connectivity index (χ0n) is 19.9. The van der Waals surface area contributed by atoms with E-state index >= 15 is 0 Å². The molecule has 3 heterocycles. The molecular weight excluding hydrogens is 446 g/mol. The molecule has 9 heteroatoms. The highest BCUT2D eigenvalue weighted by Gasteiger charge is 2.27. The number of fused-ring (bicyclic) bond motifs is 1. The Kier molecular flexibility index (Phi) is 10.0. The first-order valence-corrected chi connectivity index (χ1v) is 13.4. The van der Waals surface area contributed by atoms with Crippen molar-refractivity contribution in [2.75, 3.05) is 32.8 Å². The molecule has 1 saturated heterocycles. The van der Waals surface area contributed by atoms with Crippen LogP contribution < -0.4 is 0 Å². The number of hydrogen-bond donors (Lipinski definition) is 1. The van der Waals surface area contributed by atoms with Crippen molar-refractivity contribution < 1.29 is 14.6 Å². The van der Waals surface area contributed by atoms with E-state index in [4.69, 9.17) is 16.3 Å². The monoisotopic (exact) mass is 484 g/mol. The molecule has 2 aromatic rings. The van der Waals surface area contributed by atoms with E-state index in [9.17, 15) is 5.21 Å². The number of aromatic nitrogens is 4. The second-order valence-electron chi connectivity index (χ2n) is 9.15. The van der Waals surface area contributed by atoms with E-state index in [-0.39, 0.29) is 9.93 Å². The van der Waals surface area contributed by atoms with E-state index in [0.29, 0.717) is 24.1 Å². The number of rotatable bonds is 13. The summed E-state index contributed by atoms with van der Waals surface area (Å²) in [6.07, 6.45) is 9.75. The van der Waals surface area contributed by atoms with Crippen molar-refractivity contribution in [2.24, 2.45) is 0 Å². The number of morpholine rings is 1. The van der Waals surface area contributed by atoms with Gasteiger partial charge in [0.25, 0.3) is 0 Å². The molecule has 1 N–H and O–H groups in total.